The topological polar surface area (TPSA) is 56.4 Å². The molecular formula is C20H25N3O2. The number of aromatic nitrogens is 1. The number of piperazine rings is 1. The minimum absolute atomic E-state index is 0.0509. The standard InChI is InChI=1S/C20H25N3O2/c1-4-5-10-22-12-17(24)23-16(19(22)25)11-14-13-8-6-7-9-15(13)21-18(14)20(23,2)3/h6-9,16,21H,4-5,10-12H2,1-3H3. The summed E-state index contributed by atoms with van der Waals surface area (Å²) in [6.07, 6.45) is 2.55. The summed E-state index contributed by atoms with van der Waals surface area (Å²) >= 11 is 0. The maximum absolute atomic E-state index is 13.1. The van der Waals surface area contributed by atoms with Crippen LogP contribution in [0.3, 0.4) is 0 Å². The third kappa shape index (κ3) is 2.29. The Hall–Kier alpha value is -2.30. The smallest absolute Gasteiger partial charge is 0.246 e. The summed E-state index contributed by atoms with van der Waals surface area (Å²) in [6, 6.07) is 7.80. The highest BCUT2D eigenvalue weighted by Crippen LogP contribution is 2.42. The number of rotatable bonds is 3. The monoisotopic (exact) mass is 339 g/mol. The Labute approximate surface area is 148 Å². The molecule has 25 heavy (non-hydrogen) atoms. The molecule has 5 nitrogen and oxygen atoms in total. The molecule has 0 saturated carbocycles. The molecule has 1 aromatic carbocycles. The molecule has 1 unspecified atom stereocenters. The number of carbonyl (C=O) groups is 2. The molecule has 2 amide bonds. The SMILES string of the molecule is CCCCN1CC(=O)N2C(Cc3c([nH]c4ccccc34)C2(C)C)C1=O. The van der Waals surface area contributed by atoms with E-state index in [2.05, 4.69) is 24.0 Å². The fourth-order valence-electron chi connectivity index (χ4n) is 4.48. The zero-order chi connectivity index (χ0) is 17.8. The summed E-state index contributed by atoms with van der Waals surface area (Å²) in [7, 11) is 0. The number of carbonyl (C=O) groups excluding carboxylic acids is 2. The van der Waals surface area contributed by atoms with Gasteiger partial charge in [0.05, 0.1) is 12.1 Å². The molecule has 1 atom stereocenters. The van der Waals surface area contributed by atoms with Crippen molar-refractivity contribution < 1.29 is 9.59 Å². The average molecular weight is 339 g/mol. The average Bonchev–Trinajstić information content (AvgIpc) is 2.96. The van der Waals surface area contributed by atoms with Crippen LogP contribution in [-0.2, 0) is 21.5 Å². The number of nitrogens with one attached hydrogen (secondary N) is 1. The van der Waals surface area contributed by atoms with Gasteiger partial charge in [0.2, 0.25) is 11.8 Å². The Bertz CT molecular complexity index is 852. The van der Waals surface area contributed by atoms with Crippen LogP contribution >= 0.6 is 0 Å². The Morgan fingerprint density at radius 2 is 2.00 bits per heavy atom. The highest BCUT2D eigenvalue weighted by atomic mass is 16.2. The largest absolute Gasteiger partial charge is 0.356 e. The van der Waals surface area contributed by atoms with Crippen molar-refractivity contribution in [3.05, 3.63) is 35.5 Å². The Kier molecular flexibility index (Phi) is 3.63. The summed E-state index contributed by atoms with van der Waals surface area (Å²) in [4.78, 5) is 33.1. The second-order valence-electron chi connectivity index (χ2n) is 7.68. The zero-order valence-electron chi connectivity index (χ0n) is 15.1. The van der Waals surface area contributed by atoms with Crippen LogP contribution < -0.4 is 0 Å². The summed E-state index contributed by atoms with van der Waals surface area (Å²) in [5.74, 6) is 0.145. The van der Waals surface area contributed by atoms with E-state index in [-0.39, 0.29) is 24.4 Å². The Morgan fingerprint density at radius 1 is 1.24 bits per heavy atom. The molecule has 3 heterocycles. The summed E-state index contributed by atoms with van der Waals surface area (Å²) in [5, 5.41) is 1.16. The number of hydrogen-bond acceptors (Lipinski definition) is 2. The first-order chi connectivity index (χ1) is 11.9. The number of para-hydroxylation sites is 1. The van der Waals surface area contributed by atoms with E-state index in [0.29, 0.717) is 13.0 Å². The first-order valence-electron chi connectivity index (χ1n) is 9.16. The number of amides is 2. The first kappa shape index (κ1) is 16.2. The fourth-order valence-corrected chi connectivity index (χ4v) is 4.48. The molecule has 2 aromatic rings. The molecule has 1 saturated heterocycles. The van der Waals surface area contributed by atoms with Gasteiger partial charge in [-0.25, -0.2) is 0 Å². The van der Waals surface area contributed by atoms with E-state index < -0.39 is 5.54 Å². The third-order valence-corrected chi connectivity index (χ3v) is 5.71. The molecule has 4 rings (SSSR count). The Morgan fingerprint density at radius 3 is 2.76 bits per heavy atom. The lowest BCUT2D eigenvalue weighted by Crippen LogP contribution is -2.67. The van der Waals surface area contributed by atoms with Crippen LogP contribution in [0.15, 0.2) is 24.3 Å². The van der Waals surface area contributed by atoms with Gasteiger partial charge in [0.1, 0.15) is 6.04 Å². The lowest BCUT2D eigenvalue weighted by Gasteiger charge is -2.51. The second-order valence-corrected chi connectivity index (χ2v) is 7.68. The van der Waals surface area contributed by atoms with E-state index in [1.165, 1.54) is 5.56 Å². The maximum atomic E-state index is 13.1. The van der Waals surface area contributed by atoms with Gasteiger partial charge in [-0.15, -0.1) is 0 Å². The van der Waals surface area contributed by atoms with E-state index in [0.717, 1.165) is 29.4 Å². The highest BCUT2D eigenvalue weighted by molar-refractivity contribution is 5.97. The molecule has 0 spiro atoms. The molecule has 0 bridgehead atoms. The van der Waals surface area contributed by atoms with Crippen LogP contribution in [0.1, 0.15) is 44.9 Å². The number of aromatic amines is 1. The van der Waals surface area contributed by atoms with Crippen LogP contribution in [0.4, 0.5) is 0 Å². The molecule has 1 N–H and O–H groups in total. The maximum Gasteiger partial charge on any atom is 0.246 e. The molecule has 132 valence electrons. The van der Waals surface area contributed by atoms with Crippen LogP contribution in [0.25, 0.3) is 10.9 Å². The van der Waals surface area contributed by atoms with Gasteiger partial charge in [-0.2, -0.15) is 0 Å². The number of nitrogens with zero attached hydrogens (tertiary/aromatic N) is 2. The van der Waals surface area contributed by atoms with E-state index in [4.69, 9.17) is 0 Å². The van der Waals surface area contributed by atoms with Crippen molar-refractivity contribution in [3.8, 4) is 0 Å². The second kappa shape index (κ2) is 5.61. The molecule has 0 aliphatic carbocycles. The minimum atomic E-state index is -0.513. The van der Waals surface area contributed by atoms with Gasteiger partial charge in [-0.1, -0.05) is 31.5 Å². The third-order valence-electron chi connectivity index (χ3n) is 5.71. The normalized spacial score (nSPS) is 22.3. The lowest BCUT2D eigenvalue weighted by atomic mass is 9.82. The van der Waals surface area contributed by atoms with E-state index in [1.54, 1.807) is 4.90 Å². The summed E-state index contributed by atoms with van der Waals surface area (Å²) in [6.45, 7) is 7.06. The molecule has 5 heteroatoms. The summed E-state index contributed by atoms with van der Waals surface area (Å²) in [5.41, 5.74) is 2.80. The number of H-pyrrole nitrogens is 1. The fraction of sp³-hybridized carbons (Fsp3) is 0.500. The van der Waals surface area contributed by atoms with Crippen molar-refractivity contribution in [2.75, 3.05) is 13.1 Å². The molecular weight excluding hydrogens is 314 g/mol. The van der Waals surface area contributed by atoms with E-state index in [1.807, 2.05) is 30.9 Å². The van der Waals surface area contributed by atoms with Crippen molar-refractivity contribution in [2.24, 2.45) is 0 Å². The predicted molar refractivity (Wildman–Crippen MR) is 97.2 cm³/mol. The lowest BCUT2D eigenvalue weighted by molar-refractivity contribution is -0.163. The quantitative estimate of drug-likeness (QED) is 0.935. The van der Waals surface area contributed by atoms with Gasteiger partial charge in [0.15, 0.2) is 0 Å². The van der Waals surface area contributed by atoms with E-state index in [9.17, 15) is 9.59 Å². The van der Waals surface area contributed by atoms with Crippen LogP contribution in [0.2, 0.25) is 0 Å². The van der Waals surface area contributed by atoms with Gasteiger partial charge in [-0.05, 0) is 31.9 Å². The highest BCUT2D eigenvalue weighted by Gasteiger charge is 2.51. The first-order valence-corrected chi connectivity index (χ1v) is 9.16. The molecule has 1 aromatic heterocycles. The van der Waals surface area contributed by atoms with Crippen molar-refractivity contribution in [2.45, 2.75) is 51.6 Å². The van der Waals surface area contributed by atoms with Crippen molar-refractivity contribution >= 4 is 22.7 Å². The van der Waals surface area contributed by atoms with Gasteiger partial charge >= 0.3 is 0 Å². The molecule has 0 radical (unpaired) electrons. The van der Waals surface area contributed by atoms with Crippen LogP contribution in [-0.4, -0.2) is 45.7 Å². The molecule has 2 aliphatic rings. The Balaban J connectivity index is 1.80. The zero-order valence-corrected chi connectivity index (χ0v) is 15.1. The number of fused-ring (bicyclic) bond motifs is 4. The van der Waals surface area contributed by atoms with Crippen LogP contribution in [0.5, 0.6) is 0 Å². The minimum Gasteiger partial charge on any atom is -0.356 e. The molecule has 1 fully saturated rings. The van der Waals surface area contributed by atoms with Crippen molar-refractivity contribution in [3.63, 3.8) is 0 Å². The molecule has 2 aliphatic heterocycles. The number of hydrogen-bond donors (Lipinski definition) is 1. The van der Waals surface area contributed by atoms with Crippen molar-refractivity contribution in [1.82, 2.24) is 14.8 Å². The van der Waals surface area contributed by atoms with E-state index >= 15 is 0 Å². The van der Waals surface area contributed by atoms with Crippen molar-refractivity contribution in [1.29, 1.82) is 0 Å². The van der Waals surface area contributed by atoms with Crippen LogP contribution in [0, 0.1) is 0 Å². The number of benzene rings is 1. The predicted octanol–water partition coefficient (Wildman–Crippen LogP) is 2.80. The van der Waals surface area contributed by atoms with Gasteiger partial charge in [0.25, 0.3) is 0 Å². The van der Waals surface area contributed by atoms with Gasteiger partial charge in [-0.3, -0.25) is 9.59 Å². The summed E-state index contributed by atoms with van der Waals surface area (Å²) < 4.78 is 0. The van der Waals surface area contributed by atoms with Gasteiger partial charge in [0, 0.05) is 29.6 Å². The van der Waals surface area contributed by atoms with Gasteiger partial charge < -0.3 is 14.8 Å². The number of unbranched alkanes of at least 4 members (excludes halogenated alkanes) is 1.